The van der Waals surface area contributed by atoms with Gasteiger partial charge in [-0.05, 0) is 13.8 Å². The SMILES string of the molecule is CC(C)(C(N)=O)n1cc[nH]c1=O. The molecule has 3 N–H and O–H groups in total. The maximum absolute atomic E-state index is 11.1. The molecule has 0 spiro atoms. The van der Waals surface area contributed by atoms with E-state index in [9.17, 15) is 9.59 Å². The summed E-state index contributed by atoms with van der Waals surface area (Å²) < 4.78 is 1.26. The molecule has 0 aliphatic rings. The molecule has 0 atom stereocenters. The minimum Gasteiger partial charge on any atom is -0.368 e. The molecule has 1 heterocycles. The van der Waals surface area contributed by atoms with Crippen LogP contribution in [0.5, 0.6) is 0 Å². The van der Waals surface area contributed by atoms with Crippen molar-refractivity contribution in [3.8, 4) is 0 Å². The van der Waals surface area contributed by atoms with E-state index in [1.807, 2.05) is 0 Å². The quantitative estimate of drug-likeness (QED) is 0.619. The van der Waals surface area contributed by atoms with Gasteiger partial charge in [0.15, 0.2) is 0 Å². The predicted molar refractivity (Wildman–Crippen MR) is 43.6 cm³/mol. The lowest BCUT2D eigenvalue weighted by molar-refractivity contribution is -0.125. The zero-order valence-corrected chi connectivity index (χ0v) is 7.00. The van der Waals surface area contributed by atoms with Crippen molar-refractivity contribution >= 4 is 5.91 Å². The molecule has 0 aliphatic heterocycles. The van der Waals surface area contributed by atoms with Crippen LogP contribution in [0.1, 0.15) is 13.8 Å². The Balaban J connectivity index is 3.23. The number of rotatable bonds is 2. The van der Waals surface area contributed by atoms with Crippen molar-refractivity contribution in [2.75, 3.05) is 0 Å². The average Bonchev–Trinajstić information content (AvgIpc) is 2.35. The second-order valence-corrected chi connectivity index (χ2v) is 3.06. The van der Waals surface area contributed by atoms with Crippen LogP contribution in [-0.4, -0.2) is 15.5 Å². The summed E-state index contributed by atoms with van der Waals surface area (Å²) in [5.74, 6) is -0.538. The van der Waals surface area contributed by atoms with Crippen LogP contribution in [0.2, 0.25) is 0 Å². The third-order valence-corrected chi connectivity index (χ3v) is 1.85. The summed E-state index contributed by atoms with van der Waals surface area (Å²) in [5.41, 5.74) is 3.81. The highest BCUT2D eigenvalue weighted by molar-refractivity contribution is 5.81. The Labute approximate surface area is 69.2 Å². The maximum Gasteiger partial charge on any atom is 0.326 e. The van der Waals surface area contributed by atoms with Gasteiger partial charge in [0.25, 0.3) is 0 Å². The van der Waals surface area contributed by atoms with Gasteiger partial charge in [0.05, 0.1) is 0 Å². The van der Waals surface area contributed by atoms with Crippen LogP contribution in [0.15, 0.2) is 17.2 Å². The molecule has 1 aromatic heterocycles. The zero-order chi connectivity index (χ0) is 9.35. The van der Waals surface area contributed by atoms with Crippen molar-refractivity contribution in [1.82, 2.24) is 9.55 Å². The Bertz CT molecular complexity index is 348. The Morgan fingerprint density at radius 3 is 2.58 bits per heavy atom. The zero-order valence-electron chi connectivity index (χ0n) is 7.00. The maximum atomic E-state index is 11.1. The first-order valence-corrected chi connectivity index (χ1v) is 3.52. The first kappa shape index (κ1) is 8.58. The first-order chi connectivity index (χ1) is 5.46. The highest BCUT2D eigenvalue weighted by Crippen LogP contribution is 2.10. The van der Waals surface area contributed by atoms with E-state index in [-0.39, 0.29) is 5.69 Å². The molecule has 0 aromatic carbocycles. The van der Waals surface area contributed by atoms with Gasteiger partial charge >= 0.3 is 5.69 Å². The molecule has 12 heavy (non-hydrogen) atoms. The number of carbonyl (C=O) groups excluding carboxylic acids is 1. The average molecular weight is 169 g/mol. The van der Waals surface area contributed by atoms with Gasteiger partial charge in [0, 0.05) is 12.4 Å². The summed E-state index contributed by atoms with van der Waals surface area (Å²) in [6.07, 6.45) is 2.96. The van der Waals surface area contributed by atoms with E-state index < -0.39 is 11.4 Å². The highest BCUT2D eigenvalue weighted by atomic mass is 16.2. The lowest BCUT2D eigenvalue weighted by Crippen LogP contribution is -2.45. The van der Waals surface area contributed by atoms with E-state index in [1.54, 1.807) is 13.8 Å². The normalized spacial score (nSPS) is 11.5. The molecule has 0 unspecified atom stereocenters. The number of nitrogens with zero attached hydrogens (tertiary/aromatic N) is 1. The number of hydrogen-bond donors (Lipinski definition) is 2. The molecule has 1 rings (SSSR count). The van der Waals surface area contributed by atoms with Gasteiger partial charge in [-0.2, -0.15) is 0 Å². The summed E-state index contributed by atoms with van der Waals surface area (Å²) in [4.78, 5) is 24.4. The second-order valence-electron chi connectivity index (χ2n) is 3.06. The van der Waals surface area contributed by atoms with Crippen molar-refractivity contribution in [3.63, 3.8) is 0 Å². The van der Waals surface area contributed by atoms with Crippen LogP contribution in [0.25, 0.3) is 0 Å². The lowest BCUT2D eigenvalue weighted by Gasteiger charge is -2.20. The number of H-pyrrole nitrogens is 1. The predicted octanol–water partition coefficient (Wildman–Crippen LogP) is -0.603. The fourth-order valence-corrected chi connectivity index (χ4v) is 0.879. The molecular formula is C7H11N3O2. The number of carbonyl (C=O) groups is 1. The highest BCUT2D eigenvalue weighted by Gasteiger charge is 2.28. The Hall–Kier alpha value is -1.52. The molecule has 0 radical (unpaired) electrons. The summed E-state index contributed by atoms with van der Waals surface area (Å²) in [7, 11) is 0. The molecular weight excluding hydrogens is 158 g/mol. The Morgan fingerprint density at radius 1 is 1.67 bits per heavy atom. The van der Waals surface area contributed by atoms with E-state index in [2.05, 4.69) is 4.98 Å². The van der Waals surface area contributed by atoms with Gasteiger partial charge in [-0.3, -0.25) is 9.36 Å². The fraction of sp³-hybridized carbons (Fsp3) is 0.429. The van der Waals surface area contributed by atoms with Crippen LogP contribution >= 0.6 is 0 Å². The molecule has 1 amide bonds. The number of nitrogens with one attached hydrogen (secondary N) is 1. The van der Waals surface area contributed by atoms with Crippen LogP contribution < -0.4 is 11.4 Å². The molecule has 66 valence electrons. The van der Waals surface area contributed by atoms with Crippen LogP contribution in [0.3, 0.4) is 0 Å². The van der Waals surface area contributed by atoms with Gasteiger partial charge in [0.1, 0.15) is 5.54 Å². The van der Waals surface area contributed by atoms with Gasteiger partial charge in [-0.25, -0.2) is 4.79 Å². The minimum atomic E-state index is -0.975. The number of aromatic amines is 1. The molecule has 0 saturated carbocycles. The summed E-state index contributed by atoms with van der Waals surface area (Å²) in [6, 6.07) is 0. The third-order valence-electron chi connectivity index (χ3n) is 1.85. The van der Waals surface area contributed by atoms with Gasteiger partial charge in [-0.1, -0.05) is 0 Å². The van der Waals surface area contributed by atoms with Gasteiger partial charge < -0.3 is 10.7 Å². The van der Waals surface area contributed by atoms with E-state index in [0.717, 1.165) is 0 Å². The number of primary amides is 1. The lowest BCUT2D eigenvalue weighted by atomic mass is 10.1. The topological polar surface area (TPSA) is 80.9 Å². The fourth-order valence-electron chi connectivity index (χ4n) is 0.879. The van der Waals surface area contributed by atoms with Crippen molar-refractivity contribution in [3.05, 3.63) is 22.9 Å². The molecule has 0 aliphatic carbocycles. The second kappa shape index (κ2) is 2.51. The summed E-state index contributed by atoms with van der Waals surface area (Å²) >= 11 is 0. The molecule has 5 heteroatoms. The van der Waals surface area contributed by atoms with E-state index in [4.69, 9.17) is 5.73 Å². The molecule has 0 fully saturated rings. The molecule has 5 nitrogen and oxygen atoms in total. The van der Waals surface area contributed by atoms with Crippen LogP contribution in [-0.2, 0) is 10.3 Å². The van der Waals surface area contributed by atoms with E-state index in [1.165, 1.54) is 17.0 Å². The Morgan fingerprint density at radius 2 is 2.25 bits per heavy atom. The van der Waals surface area contributed by atoms with Crippen LogP contribution in [0.4, 0.5) is 0 Å². The number of imidazole rings is 1. The summed E-state index contributed by atoms with van der Waals surface area (Å²) in [5, 5.41) is 0. The van der Waals surface area contributed by atoms with Crippen molar-refractivity contribution < 1.29 is 4.79 Å². The van der Waals surface area contributed by atoms with E-state index >= 15 is 0 Å². The largest absolute Gasteiger partial charge is 0.368 e. The molecule has 0 bridgehead atoms. The van der Waals surface area contributed by atoms with Crippen molar-refractivity contribution in [1.29, 1.82) is 0 Å². The number of hydrogen-bond acceptors (Lipinski definition) is 2. The Kier molecular flexibility index (Phi) is 1.79. The minimum absolute atomic E-state index is 0.334. The van der Waals surface area contributed by atoms with Crippen LogP contribution in [0, 0.1) is 0 Å². The first-order valence-electron chi connectivity index (χ1n) is 3.52. The molecule has 1 aromatic rings. The van der Waals surface area contributed by atoms with Gasteiger partial charge in [-0.15, -0.1) is 0 Å². The van der Waals surface area contributed by atoms with Crippen molar-refractivity contribution in [2.24, 2.45) is 5.73 Å². The summed E-state index contributed by atoms with van der Waals surface area (Å²) in [6.45, 7) is 3.18. The van der Waals surface area contributed by atoms with E-state index in [0.29, 0.717) is 0 Å². The third kappa shape index (κ3) is 1.13. The van der Waals surface area contributed by atoms with Crippen molar-refractivity contribution in [2.45, 2.75) is 19.4 Å². The number of amides is 1. The molecule has 0 saturated heterocycles. The smallest absolute Gasteiger partial charge is 0.326 e. The standard InChI is InChI=1S/C7H11N3O2/c1-7(2,5(8)11)10-4-3-9-6(10)12/h3-4H,1-2H3,(H2,8,11)(H,9,12). The number of nitrogens with two attached hydrogens (primary N) is 1. The van der Waals surface area contributed by atoms with Gasteiger partial charge in [0.2, 0.25) is 5.91 Å². The monoisotopic (exact) mass is 169 g/mol. The number of aromatic nitrogens is 2.